The maximum absolute atomic E-state index is 11.9. The molecule has 0 fully saturated rings. The zero-order chi connectivity index (χ0) is 15.1. The molecule has 0 radical (unpaired) electrons. The molecule has 0 spiro atoms. The van der Waals surface area contributed by atoms with E-state index >= 15 is 0 Å². The third-order valence-corrected chi connectivity index (χ3v) is 3.25. The molecule has 0 aliphatic carbocycles. The molecule has 1 atom stereocenters. The summed E-state index contributed by atoms with van der Waals surface area (Å²) in [6.07, 6.45) is -0.269. The highest BCUT2D eigenvalue weighted by atomic mass is 79.9. The lowest BCUT2D eigenvalue weighted by Gasteiger charge is -2.15. The fourth-order valence-electron chi connectivity index (χ4n) is 1.50. The number of rotatable bonds is 7. The maximum Gasteiger partial charge on any atom is 0.284 e. The van der Waals surface area contributed by atoms with Gasteiger partial charge >= 0.3 is 0 Å². The number of nitrogens with zero attached hydrogens (tertiary/aromatic N) is 1. The molecule has 8 heteroatoms. The molecule has 0 aliphatic heterocycles. The van der Waals surface area contributed by atoms with Crippen LogP contribution in [-0.4, -0.2) is 44.3 Å². The van der Waals surface area contributed by atoms with Crippen molar-refractivity contribution in [2.45, 2.75) is 6.10 Å². The van der Waals surface area contributed by atoms with Gasteiger partial charge in [-0.05, 0) is 28.1 Å². The minimum atomic E-state index is -0.552. The molecular weight excluding hydrogens is 332 g/mol. The molecule has 110 valence electrons. The average Bonchev–Trinajstić information content (AvgIpc) is 2.43. The van der Waals surface area contributed by atoms with Crippen LogP contribution < -0.4 is 5.32 Å². The number of ether oxygens (including phenoxy) is 2. The van der Waals surface area contributed by atoms with Crippen molar-refractivity contribution in [2.75, 3.05) is 27.4 Å². The Hall–Kier alpha value is -1.51. The second kappa shape index (κ2) is 7.93. The molecule has 0 bridgehead atoms. The normalized spacial score (nSPS) is 11.9. The highest BCUT2D eigenvalue weighted by molar-refractivity contribution is 9.10. The summed E-state index contributed by atoms with van der Waals surface area (Å²) in [5, 5.41) is 13.4. The monoisotopic (exact) mass is 346 g/mol. The van der Waals surface area contributed by atoms with Crippen LogP contribution in [0.25, 0.3) is 0 Å². The quantitative estimate of drug-likeness (QED) is 0.599. The highest BCUT2D eigenvalue weighted by Gasteiger charge is 2.16. The third kappa shape index (κ3) is 4.55. The Morgan fingerprint density at radius 2 is 2.20 bits per heavy atom. The van der Waals surface area contributed by atoms with Gasteiger partial charge in [-0.25, -0.2) is 0 Å². The van der Waals surface area contributed by atoms with Gasteiger partial charge in [0.25, 0.3) is 11.6 Å². The first kappa shape index (κ1) is 16.5. The molecule has 1 aromatic rings. The summed E-state index contributed by atoms with van der Waals surface area (Å²) in [7, 11) is 3.05. The largest absolute Gasteiger partial charge is 0.382 e. The number of halogens is 1. The van der Waals surface area contributed by atoms with E-state index in [1.165, 1.54) is 32.4 Å². The predicted octanol–water partition coefficient (Wildman–Crippen LogP) is 1.75. The molecule has 1 aromatic carbocycles. The third-order valence-electron chi connectivity index (χ3n) is 2.58. The highest BCUT2D eigenvalue weighted by Crippen LogP contribution is 2.25. The van der Waals surface area contributed by atoms with E-state index in [1.54, 1.807) is 0 Å². The molecule has 0 heterocycles. The standard InChI is InChI=1S/C12H15BrN2O5/c1-19-7-9(20-2)6-14-12(16)8-3-4-10(13)11(5-8)15(17)18/h3-5,9H,6-7H2,1-2H3,(H,14,16). The molecule has 0 aliphatic rings. The SMILES string of the molecule is COCC(CNC(=O)c1ccc(Br)c([N+](=O)[O-])c1)OC. The number of nitrogens with one attached hydrogen (secondary N) is 1. The second-order valence-corrected chi connectivity index (χ2v) is 4.80. The van der Waals surface area contributed by atoms with Gasteiger partial charge in [-0.1, -0.05) is 0 Å². The van der Waals surface area contributed by atoms with Crippen molar-refractivity contribution in [1.82, 2.24) is 5.32 Å². The van der Waals surface area contributed by atoms with Crippen molar-refractivity contribution < 1.29 is 19.2 Å². The van der Waals surface area contributed by atoms with Crippen molar-refractivity contribution in [1.29, 1.82) is 0 Å². The van der Waals surface area contributed by atoms with Crippen LogP contribution in [0.3, 0.4) is 0 Å². The van der Waals surface area contributed by atoms with Crippen molar-refractivity contribution in [3.05, 3.63) is 38.3 Å². The number of hydrogen-bond acceptors (Lipinski definition) is 5. The summed E-state index contributed by atoms with van der Waals surface area (Å²) in [6, 6.07) is 4.19. The van der Waals surface area contributed by atoms with Crippen molar-refractivity contribution >= 4 is 27.5 Å². The Balaban J connectivity index is 2.73. The molecule has 20 heavy (non-hydrogen) atoms. The molecule has 0 aromatic heterocycles. The smallest absolute Gasteiger partial charge is 0.284 e. The molecule has 1 unspecified atom stereocenters. The van der Waals surface area contributed by atoms with E-state index in [9.17, 15) is 14.9 Å². The minimum absolute atomic E-state index is 0.155. The maximum atomic E-state index is 11.9. The molecule has 7 nitrogen and oxygen atoms in total. The first-order valence-corrected chi connectivity index (χ1v) is 6.52. The number of methoxy groups -OCH3 is 2. The number of amides is 1. The molecule has 0 saturated heterocycles. The molecule has 1 N–H and O–H groups in total. The first-order chi connectivity index (χ1) is 9.49. The van der Waals surface area contributed by atoms with Crippen LogP contribution in [0.15, 0.2) is 22.7 Å². The molecular formula is C12H15BrN2O5. The van der Waals surface area contributed by atoms with Crippen LogP contribution >= 0.6 is 15.9 Å². The number of nitro groups is 1. The van der Waals surface area contributed by atoms with Gasteiger partial charge in [0.1, 0.15) is 0 Å². The summed E-state index contributed by atoms with van der Waals surface area (Å²) in [5.74, 6) is -0.404. The van der Waals surface area contributed by atoms with Gasteiger partial charge in [0.05, 0.1) is 22.1 Å². The van der Waals surface area contributed by atoms with E-state index < -0.39 is 10.8 Å². The Labute approximate surface area is 124 Å². The number of carbonyl (C=O) groups excluding carboxylic acids is 1. The van der Waals surface area contributed by atoms with E-state index in [1.807, 2.05) is 0 Å². The second-order valence-electron chi connectivity index (χ2n) is 3.95. The van der Waals surface area contributed by atoms with Gasteiger partial charge in [0.2, 0.25) is 0 Å². The number of hydrogen-bond donors (Lipinski definition) is 1. The fourth-order valence-corrected chi connectivity index (χ4v) is 1.89. The lowest BCUT2D eigenvalue weighted by molar-refractivity contribution is -0.385. The summed E-state index contributed by atoms with van der Waals surface area (Å²) < 4.78 is 10.4. The van der Waals surface area contributed by atoms with Crippen molar-refractivity contribution in [3.8, 4) is 0 Å². The van der Waals surface area contributed by atoms with E-state index in [-0.39, 0.29) is 23.9 Å². The Morgan fingerprint density at radius 3 is 2.75 bits per heavy atom. The molecule has 1 amide bonds. The predicted molar refractivity (Wildman–Crippen MR) is 75.8 cm³/mol. The number of benzene rings is 1. The van der Waals surface area contributed by atoms with E-state index in [0.29, 0.717) is 11.1 Å². The minimum Gasteiger partial charge on any atom is -0.382 e. The molecule has 1 rings (SSSR count). The fraction of sp³-hybridized carbons (Fsp3) is 0.417. The zero-order valence-corrected chi connectivity index (χ0v) is 12.7. The summed E-state index contributed by atoms with van der Waals surface area (Å²) in [6.45, 7) is 0.601. The molecule has 0 saturated carbocycles. The lowest BCUT2D eigenvalue weighted by atomic mass is 10.2. The summed E-state index contributed by atoms with van der Waals surface area (Å²) in [5.41, 5.74) is 0.0602. The van der Waals surface area contributed by atoms with Crippen LogP contribution in [0.5, 0.6) is 0 Å². The van der Waals surface area contributed by atoms with E-state index in [2.05, 4.69) is 21.2 Å². The Kier molecular flexibility index (Phi) is 6.56. The van der Waals surface area contributed by atoms with E-state index in [0.717, 1.165) is 0 Å². The van der Waals surface area contributed by atoms with Crippen molar-refractivity contribution in [3.63, 3.8) is 0 Å². The zero-order valence-electron chi connectivity index (χ0n) is 11.1. The van der Waals surface area contributed by atoms with E-state index in [4.69, 9.17) is 9.47 Å². The summed E-state index contributed by atoms with van der Waals surface area (Å²) in [4.78, 5) is 22.2. The first-order valence-electron chi connectivity index (χ1n) is 5.73. The number of nitro benzene ring substituents is 1. The Morgan fingerprint density at radius 1 is 1.50 bits per heavy atom. The van der Waals surface area contributed by atoms with Crippen LogP contribution in [0.1, 0.15) is 10.4 Å². The van der Waals surface area contributed by atoms with Gasteiger partial charge < -0.3 is 14.8 Å². The van der Waals surface area contributed by atoms with Gasteiger partial charge in [-0.2, -0.15) is 0 Å². The van der Waals surface area contributed by atoms with Crippen LogP contribution in [0.4, 0.5) is 5.69 Å². The summed E-state index contributed by atoms with van der Waals surface area (Å²) >= 11 is 3.06. The van der Waals surface area contributed by atoms with Gasteiger partial charge in [0.15, 0.2) is 0 Å². The average molecular weight is 347 g/mol. The van der Waals surface area contributed by atoms with Crippen LogP contribution in [-0.2, 0) is 9.47 Å². The van der Waals surface area contributed by atoms with Crippen LogP contribution in [0, 0.1) is 10.1 Å². The van der Waals surface area contributed by atoms with Crippen LogP contribution in [0.2, 0.25) is 0 Å². The van der Waals surface area contributed by atoms with Gasteiger partial charge in [-0.3, -0.25) is 14.9 Å². The lowest BCUT2D eigenvalue weighted by Crippen LogP contribution is -2.35. The van der Waals surface area contributed by atoms with Gasteiger partial charge in [-0.15, -0.1) is 0 Å². The topological polar surface area (TPSA) is 90.7 Å². The van der Waals surface area contributed by atoms with Crippen molar-refractivity contribution in [2.24, 2.45) is 0 Å². The Bertz CT molecular complexity index is 495. The number of carbonyl (C=O) groups is 1. The van der Waals surface area contributed by atoms with Gasteiger partial charge in [0, 0.05) is 32.4 Å².